The maximum absolute atomic E-state index is 12.4. The molecule has 1 atom stereocenters. The van der Waals surface area contributed by atoms with Crippen LogP contribution in [-0.2, 0) is 11.2 Å². The second kappa shape index (κ2) is 6.28. The van der Waals surface area contributed by atoms with E-state index >= 15 is 0 Å². The summed E-state index contributed by atoms with van der Waals surface area (Å²) in [5.41, 5.74) is 4.49. The number of halogens is 4. The molecular weight excluding hydrogens is 341 g/mol. The van der Waals surface area contributed by atoms with E-state index in [-0.39, 0.29) is 5.92 Å². The SMILES string of the molecule is O=C(N/N=C1/c2ccc(Cl)cc2CC1c1ccccc1)C(F)(F)F. The summed E-state index contributed by atoms with van der Waals surface area (Å²) in [5, 5.41) is 4.32. The molecule has 1 amide bonds. The van der Waals surface area contributed by atoms with Gasteiger partial charge in [0, 0.05) is 16.5 Å². The highest BCUT2D eigenvalue weighted by Gasteiger charge is 2.39. The number of carbonyl (C=O) groups is 1. The summed E-state index contributed by atoms with van der Waals surface area (Å²) in [6.07, 6.45) is -4.42. The Hall–Kier alpha value is -2.34. The van der Waals surface area contributed by atoms with Gasteiger partial charge in [0.2, 0.25) is 0 Å². The van der Waals surface area contributed by atoms with Crippen LogP contribution in [0.1, 0.15) is 22.6 Å². The number of fused-ring (bicyclic) bond motifs is 1. The van der Waals surface area contributed by atoms with Crippen LogP contribution in [0, 0.1) is 0 Å². The van der Waals surface area contributed by atoms with Gasteiger partial charge < -0.3 is 0 Å². The van der Waals surface area contributed by atoms with Crippen LogP contribution in [0.4, 0.5) is 13.2 Å². The molecule has 0 radical (unpaired) electrons. The van der Waals surface area contributed by atoms with Gasteiger partial charge in [0.05, 0.1) is 5.71 Å². The predicted octanol–water partition coefficient (Wildman–Crippen LogP) is 4.06. The quantitative estimate of drug-likeness (QED) is 0.813. The minimum absolute atomic E-state index is 0.242. The number of nitrogens with one attached hydrogen (secondary N) is 1. The Morgan fingerprint density at radius 1 is 1.17 bits per heavy atom. The Kier molecular flexibility index (Phi) is 4.32. The Labute approximate surface area is 141 Å². The monoisotopic (exact) mass is 352 g/mol. The highest BCUT2D eigenvalue weighted by atomic mass is 35.5. The van der Waals surface area contributed by atoms with Crippen molar-refractivity contribution in [2.45, 2.75) is 18.5 Å². The van der Waals surface area contributed by atoms with Crippen molar-refractivity contribution in [1.82, 2.24) is 5.43 Å². The van der Waals surface area contributed by atoms with Crippen molar-refractivity contribution in [2.75, 3.05) is 0 Å². The molecule has 0 bridgehead atoms. The van der Waals surface area contributed by atoms with Crippen LogP contribution >= 0.6 is 11.6 Å². The number of rotatable bonds is 2. The maximum atomic E-state index is 12.4. The van der Waals surface area contributed by atoms with Gasteiger partial charge >= 0.3 is 12.1 Å². The van der Waals surface area contributed by atoms with E-state index in [1.165, 1.54) is 0 Å². The number of hydrogen-bond donors (Lipinski definition) is 1. The molecule has 1 N–H and O–H groups in total. The molecule has 1 unspecified atom stereocenters. The number of hydrazone groups is 1. The van der Waals surface area contributed by atoms with Crippen LogP contribution in [0.5, 0.6) is 0 Å². The van der Waals surface area contributed by atoms with E-state index in [0.717, 1.165) is 11.1 Å². The van der Waals surface area contributed by atoms with Gasteiger partial charge in [-0.25, -0.2) is 5.43 Å². The van der Waals surface area contributed by atoms with Gasteiger partial charge in [-0.2, -0.15) is 18.3 Å². The summed E-state index contributed by atoms with van der Waals surface area (Å²) >= 11 is 5.99. The molecule has 3 nitrogen and oxygen atoms in total. The van der Waals surface area contributed by atoms with E-state index < -0.39 is 12.1 Å². The largest absolute Gasteiger partial charge is 0.473 e. The summed E-state index contributed by atoms with van der Waals surface area (Å²) < 4.78 is 37.2. The molecule has 1 aliphatic rings. The van der Waals surface area contributed by atoms with Gasteiger partial charge in [0.15, 0.2) is 0 Å². The molecule has 0 aliphatic heterocycles. The summed E-state index contributed by atoms with van der Waals surface area (Å²) in [5.74, 6) is -2.34. The molecule has 0 fully saturated rings. The number of carbonyl (C=O) groups excluding carboxylic acids is 1. The van der Waals surface area contributed by atoms with E-state index in [0.29, 0.717) is 22.7 Å². The Balaban J connectivity index is 1.99. The molecule has 0 spiro atoms. The number of hydrogen-bond acceptors (Lipinski definition) is 2. The molecule has 24 heavy (non-hydrogen) atoms. The third kappa shape index (κ3) is 3.28. The topological polar surface area (TPSA) is 41.5 Å². The molecular formula is C17H12ClF3N2O. The van der Waals surface area contributed by atoms with E-state index in [9.17, 15) is 18.0 Å². The molecule has 2 aromatic carbocycles. The van der Waals surface area contributed by atoms with Gasteiger partial charge in [-0.3, -0.25) is 4.79 Å². The fourth-order valence-corrected chi connectivity index (χ4v) is 2.95. The fourth-order valence-electron chi connectivity index (χ4n) is 2.76. The highest BCUT2D eigenvalue weighted by molar-refractivity contribution is 6.31. The molecule has 3 rings (SSSR count). The number of alkyl halides is 3. The second-order valence-electron chi connectivity index (χ2n) is 5.40. The first-order valence-corrected chi connectivity index (χ1v) is 7.52. The minimum atomic E-state index is -4.98. The van der Waals surface area contributed by atoms with Gasteiger partial charge in [-0.1, -0.05) is 48.0 Å². The van der Waals surface area contributed by atoms with Crippen molar-refractivity contribution in [1.29, 1.82) is 0 Å². The highest BCUT2D eigenvalue weighted by Crippen LogP contribution is 2.35. The van der Waals surface area contributed by atoms with E-state index in [1.54, 1.807) is 23.6 Å². The predicted molar refractivity (Wildman–Crippen MR) is 85.1 cm³/mol. The Morgan fingerprint density at radius 2 is 1.88 bits per heavy atom. The van der Waals surface area contributed by atoms with Crippen molar-refractivity contribution >= 4 is 23.2 Å². The molecule has 124 valence electrons. The lowest BCUT2D eigenvalue weighted by molar-refractivity contribution is -0.173. The normalized spacial score (nSPS) is 18.5. The van der Waals surface area contributed by atoms with E-state index in [2.05, 4.69) is 5.10 Å². The third-order valence-corrected chi connectivity index (χ3v) is 4.07. The molecule has 0 heterocycles. The second-order valence-corrected chi connectivity index (χ2v) is 5.84. The minimum Gasteiger partial charge on any atom is -0.263 e. The zero-order valence-corrected chi connectivity index (χ0v) is 13.0. The first kappa shape index (κ1) is 16.5. The first-order valence-electron chi connectivity index (χ1n) is 7.15. The average molecular weight is 353 g/mol. The maximum Gasteiger partial charge on any atom is 0.473 e. The zero-order valence-electron chi connectivity index (χ0n) is 12.3. The summed E-state index contributed by atoms with van der Waals surface area (Å²) in [6, 6.07) is 14.4. The first-order chi connectivity index (χ1) is 11.4. The molecule has 2 aromatic rings. The van der Waals surface area contributed by atoms with Crippen LogP contribution in [0.3, 0.4) is 0 Å². The standard InChI is InChI=1S/C17H12ClF3N2O/c18-12-6-7-13-11(8-12)9-14(10-4-2-1-3-5-10)15(13)22-23-16(24)17(19,20)21/h1-8,14H,9H2,(H,23,24)/b22-15-. The summed E-state index contributed by atoms with van der Waals surface area (Å²) in [7, 11) is 0. The lowest BCUT2D eigenvalue weighted by Gasteiger charge is -2.12. The molecule has 7 heteroatoms. The van der Waals surface area contributed by atoms with Crippen molar-refractivity contribution in [3.8, 4) is 0 Å². The van der Waals surface area contributed by atoms with Gasteiger partial charge in [-0.05, 0) is 29.7 Å². The van der Waals surface area contributed by atoms with Crippen LogP contribution < -0.4 is 5.43 Å². The van der Waals surface area contributed by atoms with E-state index in [4.69, 9.17) is 11.6 Å². The van der Waals surface area contributed by atoms with Crippen LogP contribution in [-0.4, -0.2) is 17.8 Å². The Bertz CT molecular complexity index is 803. The van der Waals surface area contributed by atoms with Crippen molar-refractivity contribution in [3.63, 3.8) is 0 Å². The van der Waals surface area contributed by atoms with Crippen molar-refractivity contribution in [3.05, 3.63) is 70.2 Å². The van der Waals surface area contributed by atoms with Crippen LogP contribution in [0.2, 0.25) is 5.02 Å². The van der Waals surface area contributed by atoms with Gasteiger partial charge in [0.1, 0.15) is 0 Å². The number of nitrogens with zero attached hydrogens (tertiary/aromatic N) is 1. The van der Waals surface area contributed by atoms with Gasteiger partial charge in [-0.15, -0.1) is 0 Å². The molecule has 1 aliphatic carbocycles. The number of benzene rings is 2. The molecule has 0 saturated carbocycles. The fraction of sp³-hybridized carbons (Fsp3) is 0.176. The molecule has 0 saturated heterocycles. The third-order valence-electron chi connectivity index (χ3n) is 3.83. The Morgan fingerprint density at radius 3 is 2.54 bits per heavy atom. The van der Waals surface area contributed by atoms with Crippen LogP contribution in [0.15, 0.2) is 53.6 Å². The van der Waals surface area contributed by atoms with Gasteiger partial charge in [0.25, 0.3) is 0 Å². The van der Waals surface area contributed by atoms with Crippen molar-refractivity contribution in [2.24, 2.45) is 5.10 Å². The van der Waals surface area contributed by atoms with Crippen LogP contribution in [0.25, 0.3) is 0 Å². The lowest BCUT2D eigenvalue weighted by Crippen LogP contribution is -2.34. The van der Waals surface area contributed by atoms with Crippen molar-refractivity contribution < 1.29 is 18.0 Å². The van der Waals surface area contributed by atoms with E-state index in [1.807, 2.05) is 30.3 Å². The lowest BCUT2D eigenvalue weighted by atomic mass is 9.95. The summed E-state index contributed by atoms with van der Waals surface area (Å²) in [6.45, 7) is 0. The molecule has 0 aromatic heterocycles. The average Bonchev–Trinajstić information content (AvgIpc) is 2.90. The smallest absolute Gasteiger partial charge is 0.263 e. The summed E-state index contributed by atoms with van der Waals surface area (Å²) in [4.78, 5) is 11.1. The zero-order chi connectivity index (χ0) is 17.3. The number of amides is 1.